The maximum Gasteiger partial charge on any atom is 2.00 e. The molecular weight excluding hydrogens is 751 g/mol. The smallest absolute Gasteiger partial charge is 0.550 e. The van der Waals surface area contributed by atoms with Crippen molar-refractivity contribution in [2.75, 3.05) is 0 Å². The van der Waals surface area contributed by atoms with E-state index in [9.17, 15) is 49.2 Å². The number of carbonyl (C=O) groups is 6. The number of hydrogen-bond donors (Lipinski definition) is 2. The average molecular weight is 820 g/mol. The second kappa shape index (κ2) is 29.4. The fourth-order valence-corrected chi connectivity index (χ4v) is 2.64. The van der Waals surface area contributed by atoms with Gasteiger partial charge in [0.1, 0.15) is 0 Å². The molecule has 306 valence electrons. The first-order chi connectivity index (χ1) is 20.5. The normalized spacial score (nSPS) is 10.9. The van der Waals surface area contributed by atoms with Gasteiger partial charge in [0.2, 0.25) is 0 Å². The predicted octanol–water partition coefficient (Wildman–Crippen LogP) is 3.70. The number of carbonyl (C=O) groups excluding carboxylic acids is 4. The molecular formula is C36H68Cu2O12. The average Bonchev–Trinajstić information content (AvgIpc) is 2.57. The minimum Gasteiger partial charge on any atom is -0.550 e. The Morgan fingerprint density at radius 1 is 0.320 bits per heavy atom. The van der Waals surface area contributed by atoms with Gasteiger partial charge >= 0.3 is 46.1 Å². The molecule has 2 N–H and O–H groups in total. The van der Waals surface area contributed by atoms with E-state index in [0.29, 0.717) is 0 Å². The number of rotatable bonds is 6. The Balaban J connectivity index is -0.0000000700. The SMILES string of the molecule is CC(C)(C)CC(=O)O.CC(C)(C)CC(=O)O.CC(C)(C)CC(=O)[O-].CC(C)(C)CC(=O)[O-].CC(C)(C)CC(=O)[O-].CC(C)(C)CC(=O)[O-].[Cu+2].[Cu+2]. The van der Waals surface area contributed by atoms with Crippen LogP contribution in [0.15, 0.2) is 0 Å². The summed E-state index contributed by atoms with van der Waals surface area (Å²) in [5.74, 6) is -5.35. The Morgan fingerprint density at radius 2 is 0.420 bits per heavy atom. The Hall–Kier alpha value is -2.14. The first kappa shape index (κ1) is 66.1. The Labute approximate surface area is 323 Å². The molecule has 50 heavy (non-hydrogen) atoms. The minimum atomic E-state index is -0.975. The van der Waals surface area contributed by atoms with E-state index < -0.39 is 35.8 Å². The van der Waals surface area contributed by atoms with Gasteiger partial charge in [0, 0.05) is 23.9 Å². The zero-order chi connectivity index (χ0) is 40.7. The summed E-state index contributed by atoms with van der Waals surface area (Å²) in [7, 11) is 0. The van der Waals surface area contributed by atoms with Crippen molar-refractivity contribution in [3.05, 3.63) is 0 Å². The largest absolute Gasteiger partial charge is 2.00 e. The number of carboxylic acids is 6. The quantitative estimate of drug-likeness (QED) is 0.365. The van der Waals surface area contributed by atoms with Crippen LogP contribution in [0.5, 0.6) is 0 Å². The van der Waals surface area contributed by atoms with Gasteiger partial charge in [-0.15, -0.1) is 0 Å². The summed E-state index contributed by atoms with van der Waals surface area (Å²) < 4.78 is 0. The molecule has 0 bridgehead atoms. The third-order valence-electron chi connectivity index (χ3n) is 4.06. The second-order valence-corrected chi connectivity index (χ2v) is 18.7. The van der Waals surface area contributed by atoms with Crippen LogP contribution < -0.4 is 20.4 Å². The molecule has 0 unspecified atom stereocenters. The van der Waals surface area contributed by atoms with Crippen LogP contribution in [0, 0.1) is 32.5 Å². The van der Waals surface area contributed by atoms with Gasteiger partial charge in [0.05, 0.1) is 12.8 Å². The first-order valence-corrected chi connectivity index (χ1v) is 15.7. The Morgan fingerprint density at radius 3 is 0.420 bits per heavy atom. The van der Waals surface area contributed by atoms with Crippen molar-refractivity contribution in [3.8, 4) is 0 Å². The van der Waals surface area contributed by atoms with Crippen LogP contribution in [-0.4, -0.2) is 46.0 Å². The van der Waals surface area contributed by atoms with Crippen LogP contribution in [0.2, 0.25) is 0 Å². The van der Waals surface area contributed by atoms with Gasteiger partial charge in [-0.05, 0) is 58.2 Å². The van der Waals surface area contributed by atoms with E-state index >= 15 is 0 Å². The molecule has 0 heterocycles. The van der Waals surface area contributed by atoms with Gasteiger partial charge in [-0.1, -0.05) is 125 Å². The molecule has 0 amide bonds. The molecule has 14 heteroatoms. The van der Waals surface area contributed by atoms with Crippen LogP contribution >= 0.6 is 0 Å². The summed E-state index contributed by atoms with van der Waals surface area (Å²) in [6.07, 6.45) is 1.01. The van der Waals surface area contributed by atoms with Crippen LogP contribution in [-0.2, 0) is 62.9 Å². The Kier molecular flexibility index (Phi) is 38.9. The molecule has 0 aliphatic heterocycles. The van der Waals surface area contributed by atoms with Gasteiger partial charge in [-0.3, -0.25) is 9.59 Å². The maximum absolute atomic E-state index is 10.0. The van der Waals surface area contributed by atoms with Crippen molar-refractivity contribution in [1.82, 2.24) is 0 Å². The standard InChI is InChI=1S/6C6H12O2.2Cu/c6*1-6(2,3)4-5(7)8;;/h6*4H2,1-3H3,(H,7,8);;/q;;;;;;2*+2/p-4. The monoisotopic (exact) mass is 818 g/mol. The first-order valence-electron chi connectivity index (χ1n) is 15.7. The molecule has 0 aliphatic carbocycles. The van der Waals surface area contributed by atoms with Crippen LogP contribution in [0.3, 0.4) is 0 Å². The molecule has 0 aromatic heterocycles. The van der Waals surface area contributed by atoms with Crippen molar-refractivity contribution in [3.63, 3.8) is 0 Å². The third-order valence-corrected chi connectivity index (χ3v) is 4.06. The molecule has 2 radical (unpaired) electrons. The summed E-state index contributed by atoms with van der Waals surface area (Å²) in [5.41, 5.74) is -0.715. The van der Waals surface area contributed by atoms with E-state index in [4.69, 9.17) is 10.2 Å². The molecule has 12 nitrogen and oxygen atoms in total. The second-order valence-electron chi connectivity index (χ2n) is 18.7. The van der Waals surface area contributed by atoms with E-state index in [0.717, 1.165) is 0 Å². The molecule has 0 spiro atoms. The summed E-state index contributed by atoms with van der Waals surface area (Å²) in [5, 5.41) is 56.1. The summed E-state index contributed by atoms with van der Waals surface area (Å²) >= 11 is 0. The predicted molar refractivity (Wildman–Crippen MR) is 180 cm³/mol. The minimum absolute atomic E-state index is 0. The van der Waals surface area contributed by atoms with Gasteiger partial charge in [-0.2, -0.15) is 0 Å². The molecule has 0 fully saturated rings. The molecule has 0 aliphatic rings. The summed E-state index contributed by atoms with van der Waals surface area (Å²) in [4.78, 5) is 59.6. The van der Waals surface area contributed by atoms with Gasteiger partial charge < -0.3 is 49.8 Å². The van der Waals surface area contributed by atoms with E-state index in [1.807, 2.05) is 125 Å². The van der Waals surface area contributed by atoms with Crippen molar-refractivity contribution >= 4 is 35.8 Å². The fourth-order valence-electron chi connectivity index (χ4n) is 2.64. The van der Waals surface area contributed by atoms with E-state index in [-0.39, 0.29) is 105 Å². The van der Waals surface area contributed by atoms with Crippen molar-refractivity contribution in [1.29, 1.82) is 0 Å². The van der Waals surface area contributed by atoms with E-state index in [2.05, 4.69) is 0 Å². The molecule has 0 saturated heterocycles. The fraction of sp³-hybridized carbons (Fsp3) is 0.833. The topological polar surface area (TPSA) is 235 Å². The van der Waals surface area contributed by atoms with Gasteiger partial charge in [0.25, 0.3) is 0 Å². The van der Waals surface area contributed by atoms with Crippen molar-refractivity contribution in [2.45, 2.75) is 163 Å². The van der Waals surface area contributed by atoms with Crippen molar-refractivity contribution < 1.29 is 93.5 Å². The van der Waals surface area contributed by atoms with Crippen LogP contribution in [0.25, 0.3) is 0 Å². The third kappa shape index (κ3) is 119. The molecule has 0 saturated carbocycles. The van der Waals surface area contributed by atoms with E-state index in [1.54, 1.807) is 0 Å². The number of carboxylic acid groups (broad SMARTS) is 6. The van der Waals surface area contributed by atoms with Crippen LogP contribution in [0.4, 0.5) is 0 Å². The summed E-state index contributed by atoms with van der Waals surface area (Å²) in [6.45, 7) is 33.8. The number of hydrogen-bond acceptors (Lipinski definition) is 10. The molecule has 0 aromatic rings. The van der Waals surface area contributed by atoms with Gasteiger partial charge in [-0.25, -0.2) is 0 Å². The molecule has 0 atom stereocenters. The zero-order valence-electron chi connectivity index (χ0n) is 33.8. The van der Waals surface area contributed by atoms with Gasteiger partial charge in [0.15, 0.2) is 0 Å². The maximum atomic E-state index is 10.0. The molecule has 0 rings (SSSR count). The van der Waals surface area contributed by atoms with Crippen molar-refractivity contribution in [2.24, 2.45) is 32.5 Å². The van der Waals surface area contributed by atoms with Crippen LogP contribution in [0.1, 0.15) is 163 Å². The number of aliphatic carboxylic acids is 6. The zero-order valence-corrected chi connectivity index (χ0v) is 35.7. The molecule has 0 aromatic carbocycles. The van der Waals surface area contributed by atoms with E-state index in [1.165, 1.54) is 0 Å². The summed E-state index contributed by atoms with van der Waals surface area (Å²) in [6, 6.07) is 0. The Bertz CT molecular complexity index is 749.